The van der Waals surface area contributed by atoms with Gasteiger partial charge in [-0.25, -0.2) is 8.42 Å². The topological polar surface area (TPSA) is 73.0 Å². The maximum atomic E-state index is 13.1. The second-order valence-corrected chi connectivity index (χ2v) is 10.3. The van der Waals surface area contributed by atoms with Crippen LogP contribution in [-0.2, 0) is 21.2 Å². The van der Waals surface area contributed by atoms with E-state index >= 15 is 0 Å². The molecule has 0 bridgehead atoms. The highest BCUT2D eigenvalue weighted by molar-refractivity contribution is 7.89. The lowest BCUT2D eigenvalue weighted by Crippen LogP contribution is -2.46. The lowest BCUT2D eigenvalue weighted by molar-refractivity contribution is -0.115. The summed E-state index contributed by atoms with van der Waals surface area (Å²) in [6.07, 6.45) is 0.263. The number of carbonyl (C=O) groups excluding carboxylic acids is 1. The number of nitrogens with one attached hydrogen (secondary N) is 1. The lowest BCUT2D eigenvalue weighted by atomic mass is 10.2. The number of thiophene rings is 1. The molecule has 1 aromatic heterocycles. The fourth-order valence-electron chi connectivity index (χ4n) is 3.84. The summed E-state index contributed by atoms with van der Waals surface area (Å²) >= 11 is 1.55. The molecule has 7 nitrogen and oxygen atoms in total. The average Bonchev–Trinajstić information content (AvgIpc) is 3.27. The molecule has 2 aromatic rings. The molecular weight excluding hydrogens is 432 g/mol. The van der Waals surface area contributed by atoms with Crippen LogP contribution in [0.2, 0.25) is 0 Å². The van der Waals surface area contributed by atoms with Gasteiger partial charge in [-0.3, -0.25) is 4.79 Å². The first-order valence-corrected chi connectivity index (χ1v) is 13.2. The molecule has 1 saturated heterocycles. The van der Waals surface area contributed by atoms with Gasteiger partial charge in [0, 0.05) is 39.3 Å². The Labute approximate surface area is 189 Å². The molecule has 31 heavy (non-hydrogen) atoms. The maximum absolute atomic E-state index is 13.1. The van der Waals surface area contributed by atoms with E-state index in [-0.39, 0.29) is 17.2 Å². The number of sulfonamides is 1. The molecule has 2 heterocycles. The van der Waals surface area contributed by atoms with Gasteiger partial charge in [-0.1, -0.05) is 20.8 Å². The molecule has 1 N–H and O–H groups in total. The van der Waals surface area contributed by atoms with E-state index in [9.17, 15) is 13.2 Å². The molecule has 0 radical (unpaired) electrons. The van der Waals surface area contributed by atoms with Crippen molar-refractivity contribution in [3.63, 3.8) is 0 Å². The van der Waals surface area contributed by atoms with E-state index in [1.165, 1.54) is 4.31 Å². The van der Waals surface area contributed by atoms with Gasteiger partial charge >= 0.3 is 0 Å². The van der Waals surface area contributed by atoms with Crippen molar-refractivity contribution in [3.8, 4) is 0 Å². The van der Waals surface area contributed by atoms with Crippen molar-refractivity contribution in [1.29, 1.82) is 0 Å². The number of nitrogens with zero attached hydrogens (tertiary/aromatic N) is 3. The van der Waals surface area contributed by atoms with Crippen molar-refractivity contribution in [2.45, 2.75) is 32.1 Å². The van der Waals surface area contributed by atoms with Gasteiger partial charge in [0.05, 0.1) is 22.7 Å². The molecule has 9 heteroatoms. The van der Waals surface area contributed by atoms with E-state index in [0.29, 0.717) is 18.8 Å². The number of amides is 1. The minimum Gasteiger partial charge on any atom is -0.367 e. The molecule has 0 aliphatic carbocycles. The Morgan fingerprint density at radius 1 is 1.10 bits per heavy atom. The third-order valence-electron chi connectivity index (χ3n) is 5.69. The standard InChI is InChI=1S/C22H32N4O3S2/c1-4-24-10-12-25(13-11-24)21-8-7-19(31(28,29)26(5-2)6-3)16-20(21)23-22(27)15-18-9-14-30-17-18/h7-9,14,16-17H,4-6,10-13,15H2,1-3H3,(H,23,27). The molecule has 1 aromatic carbocycles. The van der Waals surface area contributed by atoms with Crippen molar-refractivity contribution in [1.82, 2.24) is 9.21 Å². The van der Waals surface area contributed by atoms with Crippen LogP contribution < -0.4 is 10.2 Å². The van der Waals surface area contributed by atoms with E-state index < -0.39 is 10.0 Å². The van der Waals surface area contributed by atoms with E-state index in [4.69, 9.17) is 0 Å². The fourth-order valence-corrected chi connectivity index (χ4v) is 6.00. The molecule has 0 unspecified atom stereocenters. The summed E-state index contributed by atoms with van der Waals surface area (Å²) in [6, 6.07) is 7.03. The van der Waals surface area contributed by atoms with E-state index in [0.717, 1.165) is 44.0 Å². The molecule has 1 fully saturated rings. The molecule has 0 saturated carbocycles. The molecule has 0 atom stereocenters. The van der Waals surface area contributed by atoms with Gasteiger partial charge in [0.25, 0.3) is 0 Å². The predicted octanol–water partition coefficient (Wildman–Crippen LogP) is 3.10. The van der Waals surface area contributed by atoms with Gasteiger partial charge < -0.3 is 15.1 Å². The minimum absolute atomic E-state index is 0.149. The van der Waals surface area contributed by atoms with Crippen molar-refractivity contribution in [3.05, 3.63) is 40.6 Å². The van der Waals surface area contributed by atoms with Gasteiger partial charge in [0.15, 0.2) is 0 Å². The number of likely N-dealkylation sites (N-methyl/N-ethyl adjacent to an activating group) is 1. The molecule has 1 amide bonds. The summed E-state index contributed by atoms with van der Waals surface area (Å²) in [7, 11) is -3.61. The minimum atomic E-state index is -3.61. The van der Waals surface area contributed by atoms with Gasteiger partial charge in [0.2, 0.25) is 15.9 Å². The number of piperazine rings is 1. The fraction of sp³-hybridized carbons (Fsp3) is 0.500. The molecule has 3 rings (SSSR count). The number of anilines is 2. The van der Waals surface area contributed by atoms with E-state index in [2.05, 4.69) is 22.0 Å². The van der Waals surface area contributed by atoms with Crippen molar-refractivity contribution in [2.75, 3.05) is 56.0 Å². The first-order valence-electron chi connectivity index (χ1n) is 10.8. The number of hydrogen-bond donors (Lipinski definition) is 1. The van der Waals surface area contributed by atoms with Gasteiger partial charge in [-0.15, -0.1) is 0 Å². The zero-order valence-electron chi connectivity index (χ0n) is 18.5. The van der Waals surface area contributed by atoms with Crippen molar-refractivity contribution >= 4 is 38.6 Å². The van der Waals surface area contributed by atoms with Crippen LogP contribution in [0.5, 0.6) is 0 Å². The Balaban J connectivity index is 1.91. The Hall–Kier alpha value is -1.94. The first-order chi connectivity index (χ1) is 14.9. The normalized spacial score (nSPS) is 15.4. The quantitative estimate of drug-likeness (QED) is 0.617. The monoisotopic (exact) mass is 464 g/mol. The van der Waals surface area contributed by atoms with Crippen LogP contribution in [0.25, 0.3) is 0 Å². The molecule has 170 valence electrons. The summed E-state index contributed by atoms with van der Waals surface area (Å²) < 4.78 is 27.5. The summed E-state index contributed by atoms with van der Waals surface area (Å²) in [5.74, 6) is -0.149. The van der Waals surface area contributed by atoms with Crippen LogP contribution in [-0.4, -0.2) is 69.3 Å². The van der Waals surface area contributed by atoms with Crippen LogP contribution in [0.15, 0.2) is 39.9 Å². The second-order valence-electron chi connectivity index (χ2n) is 7.55. The third kappa shape index (κ3) is 5.65. The Morgan fingerprint density at radius 3 is 2.39 bits per heavy atom. The zero-order chi connectivity index (χ0) is 22.4. The molecule has 1 aliphatic heterocycles. The summed E-state index contributed by atoms with van der Waals surface area (Å²) in [6.45, 7) is 11.2. The lowest BCUT2D eigenvalue weighted by Gasteiger charge is -2.36. The average molecular weight is 465 g/mol. The number of hydrogen-bond acceptors (Lipinski definition) is 6. The summed E-state index contributed by atoms with van der Waals surface area (Å²) in [5, 5.41) is 6.88. The summed E-state index contributed by atoms with van der Waals surface area (Å²) in [4.78, 5) is 17.5. The van der Waals surface area contributed by atoms with Crippen LogP contribution in [0.4, 0.5) is 11.4 Å². The van der Waals surface area contributed by atoms with Crippen LogP contribution in [0.3, 0.4) is 0 Å². The van der Waals surface area contributed by atoms with E-state index in [1.54, 1.807) is 23.5 Å². The number of benzene rings is 1. The Bertz CT molecular complexity index is 965. The number of rotatable bonds is 9. The highest BCUT2D eigenvalue weighted by Gasteiger charge is 2.25. The Kier molecular flexibility index (Phi) is 8.10. The molecule has 1 aliphatic rings. The van der Waals surface area contributed by atoms with Gasteiger partial charge in [0.1, 0.15) is 0 Å². The largest absolute Gasteiger partial charge is 0.367 e. The van der Waals surface area contributed by atoms with Crippen molar-refractivity contribution < 1.29 is 13.2 Å². The number of carbonyl (C=O) groups is 1. The highest BCUT2D eigenvalue weighted by atomic mass is 32.2. The molecule has 0 spiro atoms. The van der Waals surface area contributed by atoms with Gasteiger partial charge in [-0.2, -0.15) is 15.6 Å². The molecular formula is C22H32N4O3S2. The predicted molar refractivity (Wildman–Crippen MR) is 128 cm³/mol. The van der Waals surface area contributed by atoms with Crippen LogP contribution in [0.1, 0.15) is 26.3 Å². The first kappa shape index (κ1) is 23.7. The SMILES string of the molecule is CCN1CCN(c2ccc(S(=O)(=O)N(CC)CC)cc2NC(=O)Cc2ccsc2)CC1. The van der Waals surface area contributed by atoms with Crippen LogP contribution in [0, 0.1) is 0 Å². The Morgan fingerprint density at radius 2 is 1.81 bits per heavy atom. The summed E-state index contributed by atoms with van der Waals surface area (Å²) in [5.41, 5.74) is 2.37. The van der Waals surface area contributed by atoms with E-state index in [1.807, 2.05) is 36.7 Å². The highest BCUT2D eigenvalue weighted by Crippen LogP contribution is 2.31. The second kappa shape index (κ2) is 10.6. The van der Waals surface area contributed by atoms with Gasteiger partial charge in [-0.05, 0) is 47.1 Å². The van der Waals surface area contributed by atoms with Crippen LogP contribution >= 0.6 is 11.3 Å². The smallest absolute Gasteiger partial charge is 0.243 e. The van der Waals surface area contributed by atoms with Crippen molar-refractivity contribution in [2.24, 2.45) is 0 Å². The maximum Gasteiger partial charge on any atom is 0.243 e. The third-order valence-corrected chi connectivity index (χ3v) is 8.47. The zero-order valence-corrected chi connectivity index (χ0v) is 20.1.